The highest BCUT2D eigenvalue weighted by molar-refractivity contribution is 6.99. The lowest BCUT2D eigenvalue weighted by molar-refractivity contribution is -0.116. The van der Waals surface area contributed by atoms with Crippen LogP contribution < -0.4 is 10.4 Å². The topological polar surface area (TPSA) is 26.3 Å². The molecule has 3 rings (SSSR count). The van der Waals surface area contributed by atoms with Crippen molar-refractivity contribution in [3.63, 3.8) is 0 Å². The molecule has 132 valence electrons. The van der Waals surface area contributed by atoms with Crippen LogP contribution in [0.3, 0.4) is 0 Å². The van der Waals surface area contributed by atoms with Crippen molar-refractivity contribution in [3.05, 3.63) is 60.7 Å². The fraction of sp³-hybridized carbons (Fsp3) is 0.409. The number of rotatable bonds is 6. The maximum absolute atomic E-state index is 11.2. The first-order chi connectivity index (χ1) is 12.0. The van der Waals surface area contributed by atoms with Crippen molar-refractivity contribution >= 4 is 25.0 Å². The minimum Gasteiger partial charge on any atom is -0.407 e. The fourth-order valence-electron chi connectivity index (χ4n) is 3.97. The second-order valence-electron chi connectivity index (χ2n) is 8.11. The van der Waals surface area contributed by atoms with Crippen LogP contribution in [0.25, 0.3) is 0 Å². The molecule has 1 aliphatic rings. The Labute approximate surface area is 152 Å². The van der Waals surface area contributed by atoms with E-state index in [4.69, 9.17) is 4.43 Å². The summed E-state index contributed by atoms with van der Waals surface area (Å²) in [6.07, 6.45) is 3.22. The predicted molar refractivity (Wildman–Crippen MR) is 106 cm³/mol. The minimum absolute atomic E-state index is 0.00384. The SMILES string of the molecule is CC(C)(C)[Si](OC[C@H]1CC[C@@H]1C=O)(c1ccccc1)c1ccccc1. The van der Waals surface area contributed by atoms with Crippen molar-refractivity contribution in [2.45, 2.75) is 38.7 Å². The molecule has 0 aliphatic heterocycles. The van der Waals surface area contributed by atoms with Gasteiger partial charge in [-0.25, -0.2) is 0 Å². The average Bonchev–Trinajstić information content (AvgIpc) is 2.58. The predicted octanol–water partition coefficient (Wildman–Crippen LogP) is 3.79. The van der Waals surface area contributed by atoms with E-state index in [2.05, 4.69) is 81.4 Å². The van der Waals surface area contributed by atoms with Gasteiger partial charge in [0.1, 0.15) is 6.29 Å². The van der Waals surface area contributed by atoms with E-state index in [1.807, 2.05) is 0 Å². The Morgan fingerprint density at radius 1 is 0.960 bits per heavy atom. The zero-order valence-electron chi connectivity index (χ0n) is 15.4. The van der Waals surface area contributed by atoms with Crippen LogP contribution in [0.5, 0.6) is 0 Å². The summed E-state index contributed by atoms with van der Waals surface area (Å²) in [5.74, 6) is 0.553. The molecule has 0 bridgehead atoms. The van der Waals surface area contributed by atoms with Gasteiger partial charge in [-0.2, -0.15) is 0 Å². The van der Waals surface area contributed by atoms with E-state index < -0.39 is 8.32 Å². The highest BCUT2D eigenvalue weighted by Crippen LogP contribution is 2.39. The Balaban J connectivity index is 2.04. The normalized spacial score (nSPS) is 20.8. The second-order valence-corrected chi connectivity index (χ2v) is 12.4. The van der Waals surface area contributed by atoms with E-state index in [0.717, 1.165) is 19.1 Å². The maximum Gasteiger partial charge on any atom is 0.261 e. The first kappa shape index (κ1) is 18.1. The summed E-state index contributed by atoms with van der Waals surface area (Å²) in [4.78, 5) is 11.2. The van der Waals surface area contributed by atoms with E-state index in [-0.39, 0.29) is 11.0 Å². The van der Waals surface area contributed by atoms with Gasteiger partial charge in [0.05, 0.1) is 0 Å². The van der Waals surface area contributed by atoms with Crippen molar-refractivity contribution in [2.75, 3.05) is 6.61 Å². The third-order valence-electron chi connectivity index (χ3n) is 5.58. The van der Waals surface area contributed by atoms with Gasteiger partial charge >= 0.3 is 0 Å². The molecule has 2 aromatic rings. The molecule has 0 N–H and O–H groups in total. The van der Waals surface area contributed by atoms with Gasteiger partial charge < -0.3 is 9.22 Å². The summed E-state index contributed by atoms with van der Waals surface area (Å²) in [5, 5.41) is 2.60. The van der Waals surface area contributed by atoms with Crippen molar-refractivity contribution in [1.29, 1.82) is 0 Å². The molecule has 25 heavy (non-hydrogen) atoms. The van der Waals surface area contributed by atoms with E-state index in [0.29, 0.717) is 12.5 Å². The van der Waals surface area contributed by atoms with Crippen molar-refractivity contribution in [3.8, 4) is 0 Å². The molecule has 0 heterocycles. The Hall–Kier alpha value is -1.71. The minimum atomic E-state index is -2.45. The molecule has 1 fully saturated rings. The van der Waals surface area contributed by atoms with Crippen LogP contribution in [0.2, 0.25) is 5.04 Å². The van der Waals surface area contributed by atoms with Crippen LogP contribution in [-0.2, 0) is 9.22 Å². The molecule has 2 aromatic carbocycles. The molecule has 2 nitrogen and oxygen atoms in total. The molecular formula is C22H28O2Si. The van der Waals surface area contributed by atoms with Crippen LogP contribution in [0.1, 0.15) is 33.6 Å². The molecular weight excluding hydrogens is 324 g/mol. The van der Waals surface area contributed by atoms with E-state index in [9.17, 15) is 4.79 Å². The number of benzene rings is 2. The number of hydrogen-bond acceptors (Lipinski definition) is 2. The van der Waals surface area contributed by atoms with E-state index in [1.54, 1.807) is 0 Å². The highest BCUT2D eigenvalue weighted by Gasteiger charge is 2.50. The number of carbonyl (C=O) groups is 1. The first-order valence-corrected chi connectivity index (χ1v) is 11.1. The summed E-state index contributed by atoms with van der Waals surface area (Å²) in [6, 6.07) is 21.4. The number of hydrogen-bond donors (Lipinski definition) is 0. The summed E-state index contributed by atoms with van der Waals surface area (Å²) in [7, 11) is -2.45. The third-order valence-corrected chi connectivity index (χ3v) is 10.6. The van der Waals surface area contributed by atoms with Gasteiger partial charge in [-0.1, -0.05) is 81.4 Å². The Morgan fingerprint density at radius 2 is 1.48 bits per heavy atom. The van der Waals surface area contributed by atoms with Crippen molar-refractivity contribution in [1.82, 2.24) is 0 Å². The summed E-state index contributed by atoms with van der Waals surface area (Å²) >= 11 is 0. The lowest BCUT2D eigenvalue weighted by atomic mass is 9.75. The molecule has 1 saturated carbocycles. The van der Waals surface area contributed by atoms with E-state index in [1.165, 1.54) is 10.4 Å². The number of carbonyl (C=O) groups excluding carboxylic acids is 1. The molecule has 1 aliphatic carbocycles. The maximum atomic E-state index is 11.2. The zero-order chi connectivity index (χ0) is 17.9. The number of aldehydes is 1. The zero-order valence-corrected chi connectivity index (χ0v) is 16.4. The molecule has 0 aromatic heterocycles. The molecule has 2 atom stereocenters. The lowest BCUT2D eigenvalue weighted by Gasteiger charge is -2.45. The van der Waals surface area contributed by atoms with Gasteiger partial charge in [-0.05, 0) is 34.2 Å². The van der Waals surface area contributed by atoms with E-state index >= 15 is 0 Å². The molecule has 0 amide bonds. The van der Waals surface area contributed by atoms with Gasteiger partial charge in [0.2, 0.25) is 0 Å². The van der Waals surface area contributed by atoms with Gasteiger partial charge in [-0.3, -0.25) is 0 Å². The standard InChI is InChI=1S/C22H28O2Si/c1-22(2,3)25(20-10-6-4-7-11-20,21-12-8-5-9-13-21)24-17-19-15-14-18(19)16-23/h4-13,16,18-19H,14-15,17H2,1-3H3/t18-,19-/m1/s1. The fourth-order valence-corrected chi connectivity index (χ4v) is 8.59. The van der Waals surface area contributed by atoms with Crippen LogP contribution in [-0.4, -0.2) is 21.2 Å². The summed E-state index contributed by atoms with van der Waals surface area (Å²) in [6.45, 7) is 7.54. The largest absolute Gasteiger partial charge is 0.407 e. The summed E-state index contributed by atoms with van der Waals surface area (Å²) in [5.41, 5.74) is 0. The van der Waals surface area contributed by atoms with Gasteiger partial charge in [-0.15, -0.1) is 0 Å². The van der Waals surface area contributed by atoms with Crippen molar-refractivity contribution < 1.29 is 9.22 Å². The molecule has 0 saturated heterocycles. The Bertz CT molecular complexity index is 651. The molecule has 3 heteroatoms. The molecule has 0 spiro atoms. The monoisotopic (exact) mass is 352 g/mol. The van der Waals surface area contributed by atoms with Crippen molar-refractivity contribution in [2.24, 2.45) is 11.8 Å². The van der Waals surface area contributed by atoms with Gasteiger partial charge in [0.25, 0.3) is 8.32 Å². The van der Waals surface area contributed by atoms with Gasteiger partial charge in [0.15, 0.2) is 0 Å². The Kier molecular flexibility index (Phi) is 5.26. The van der Waals surface area contributed by atoms with Crippen LogP contribution >= 0.6 is 0 Å². The molecule has 0 unspecified atom stereocenters. The van der Waals surface area contributed by atoms with Gasteiger partial charge in [0, 0.05) is 12.5 Å². The quantitative estimate of drug-likeness (QED) is 0.584. The second kappa shape index (κ2) is 7.26. The summed E-state index contributed by atoms with van der Waals surface area (Å²) < 4.78 is 6.88. The van der Waals surface area contributed by atoms with Crippen LogP contribution in [0.4, 0.5) is 0 Å². The van der Waals surface area contributed by atoms with Crippen LogP contribution in [0, 0.1) is 11.8 Å². The lowest BCUT2D eigenvalue weighted by Crippen LogP contribution is -2.67. The average molecular weight is 353 g/mol. The van der Waals surface area contributed by atoms with Crippen LogP contribution in [0.15, 0.2) is 60.7 Å². The highest BCUT2D eigenvalue weighted by atomic mass is 28.4. The first-order valence-electron chi connectivity index (χ1n) is 9.19. The molecule has 0 radical (unpaired) electrons. The smallest absolute Gasteiger partial charge is 0.261 e. The third kappa shape index (κ3) is 3.36. The Morgan fingerprint density at radius 3 is 1.84 bits per heavy atom.